The first-order valence-corrected chi connectivity index (χ1v) is 8.85. The van der Waals surface area contributed by atoms with Crippen LogP contribution in [-0.2, 0) is 0 Å². The lowest BCUT2D eigenvalue weighted by molar-refractivity contribution is 0.155. The van der Waals surface area contributed by atoms with Crippen molar-refractivity contribution in [1.82, 2.24) is 5.32 Å². The average molecular weight is 287 g/mol. The molecule has 2 aliphatic carbocycles. The van der Waals surface area contributed by atoms with Crippen LogP contribution in [-0.4, -0.2) is 18.7 Å². The van der Waals surface area contributed by atoms with E-state index in [2.05, 4.69) is 36.5 Å². The van der Waals surface area contributed by atoms with E-state index in [1.54, 1.807) is 0 Å². The summed E-state index contributed by atoms with van der Waals surface area (Å²) in [7, 11) is 0. The molecule has 0 saturated heterocycles. The molecule has 0 aromatic heterocycles. The second-order valence-corrected chi connectivity index (χ2v) is 6.77. The van der Waals surface area contributed by atoms with Gasteiger partial charge in [0.1, 0.15) is 5.75 Å². The highest BCUT2D eigenvalue weighted by atomic mass is 16.5. The molecular formula is C19H29NO. The third-order valence-corrected chi connectivity index (χ3v) is 5.03. The molecule has 0 aliphatic heterocycles. The van der Waals surface area contributed by atoms with Gasteiger partial charge in [-0.2, -0.15) is 0 Å². The van der Waals surface area contributed by atoms with E-state index < -0.39 is 0 Å². The van der Waals surface area contributed by atoms with E-state index in [0.717, 1.165) is 24.3 Å². The van der Waals surface area contributed by atoms with Crippen LogP contribution in [0.25, 0.3) is 0 Å². The van der Waals surface area contributed by atoms with Crippen LogP contribution in [0.5, 0.6) is 5.75 Å². The van der Waals surface area contributed by atoms with Crippen LogP contribution in [0.2, 0.25) is 0 Å². The Hall–Kier alpha value is -1.02. The Labute approximate surface area is 129 Å². The molecule has 0 radical (unpaired) electrons. The number of hydrogen-bond donors (Lipinski definition) is 1. The van der Waals surface area contributed by atoms with Crippen molar-refractivity contribution in [3.8, 4) is 5.75 Å². The number of hydrogen-bond acceptors (Lipinski definition) is 2. The molecule has 0 spiro atoms. The molecule has 2 heteroatoms. The van der Waals surface area contributed by atoms with Gasteiger partial charge in [0.25, 0.3) is 0 Å². The van der Waals surface area contributed by atoms with Crippen LogP contribution in [0.4, 0.5) is 0 Å². The van der Waals surface area contributed by atoms with Crippen molar-refractivity contribution in [1.29, 1.82) is 0 Å². The molecule has 0 amide bonds. The predicted octanol–water partition coefficient (Wildman–Crippen LogP) is 4.64. The third-order valence-electron chi connectivity index (χ3n) is 5.03. The monoisotopic (exact) mass is 287 g/mol. The minimum absolute atomic E-state index is 0.455. The Balaban J connectivity index is 1.46. The van der Waals surface area contributed by atoms with Gasteiger partial charge in [-0.3, -0.25) is 0 Å². The first-order chi connectivity index (χ1) is 10.3. The summed E-state index contributed by atoms with van der Waals surface area (Å²) < 4.78 is 6.10. The van der Waals surface area contributed by atoms with Crippen LogP contribution < -0.4 is 10.1 Å². The van der Waals surface area contributed by atoms with Gasteiger partial charge in [-0.15, -0.1) is 0 Å². The van der Waals surface area contributed by atoms with Crippen molar-refractivity contribution in [3.05, 3.63) is 29.8 Å². The highest BCUT2D eigenvalue weighted by molar-refractivity contribution is 5.31. The molecule has 2 fully saturated rings. The number of nitrogens with one attached hydrogen (secondary N) is 1. The summed E-state index contributed by atoms with van der Waals surface area (Å²) in [6, 6.07) is 9.65. The molecule has 2 nitrogen and oxygen atoms in total. The molecule has 116 valence electrons. The number of ether oxygens (including phenoxy) is 1. The molecule has 3 rings (SSSR count). The van der Waals surface area contributed by atoms with Gasteiger partial charge in [0.05, 0.1) is 6.10 Å². The molecule has 0 atom stereocenters. The minimum atomic E-state index is 0.455. The molecule has 1 N–H and O–H groups in total. The summed E-state index contributed by atoms with van der Waals surface area (Å²) in [6.45, 7) is 3.39. The summed E-state index contributed by atoms with van der Waals surface area (Å²) >= 11 is 0. The van der Waals surface area contributed by atoms with E-state index in [1.165, 1.54) is 56.9 Å². The summed E-state index contributed by atoms with van der Waals surface area (Å²) in [5.74, 6) is 1.81. The van der Waals surface area contributed by atoms with Gasteiger partial charge in [-0.05, 0) is 75.1 Å². The zero-order valence-corrected chi connectivity index (χ0v) is 13.3. The lowest BCUT2D eigenvalue weighted by Crippen LogP contribution is -2.40. The van der Waals surface area contributed by atoms with E-state index in [1.807, 2.05) is 0 Å². The van der Waals surface area contributed by atoms with Crippen molar-refractivity contribution in [2.75, 3.05) is 6.54 Å². The molecule has 1 aromatic carbocycles. The van der Waals surface area contributed by atoms with E-state index in [0.29, 0.717) is 6.10 Å². The Morgan fingerprint density at radius 3 is 2.43 bits per heavy atom. The Bertz CT molecular complexity index is 416. The molecule has 0 unspecified atom stereocenters. The zero-order chi connectivity index (χ0) is 14.5. The summed E-state index contributed by atoms with van der Waals surface area (Å²) in [6.07, 6.45) is 10.8. The van der Waals surface area contributed by atoms with Crippen LogP contribution >= 0.6 is 0 Å². The van der Waals surface area contributed by atoms with Crippen LogP contribution in [0, 0.1) is 0 Å². The second kappa shape index (κ2) is 7.31. The summed E-state index contributed by atoms with van der Waals surface area (Å²) in [4.78, 5) is 0. The van der Waals surface area contributed by atoms with E-state index in [-0.39, 0.29) is 0 Å². The fourth-order valence-corrected chi connectivity index (χ4v) is 3.60. The van der Waals surface area contributed by atoms with Gasteiger partial charge in [-0.1, -0.05) is 25.5 Å². The van der Waals surface area contributed by atoms with Crippen molar-refractivity contribution in [3.63, 3.8) is 0 Å². The highest BCUT2D eigenvalue weighted by Gasteiger charge is 2.29. The van der Waals surface area contributed by atoms with Crippen LogP contribution in [0.1, 0.15) is 69.8 Å². The Morgan fingerprint density at radius 1 is 1.05 bits per heavy atom. The van der Waals surface area contributed by atoms with Crippen molar-refractivity contribution >= 4 is 0 Å². The average Bonchev–Trinajstić information content (AvgIpc) is 2.48. The van der Waals surface area contributed by atoms with E-state index in [9.17, 15) is 0 Å². The number of rotatable bonds is 6. The van der Waals surface area contributed by atoms with E-state index in [4.69, 9.17) is 4.74 Å². The smallest absolute Gasteiger partial charge is 0.119 e. The summed E-state index contributed by atoms with van der Waals surface area (Å²) in [5.41, 5.74) is 1.49. The normalized spacial score (nSPS) is 26.3. The van der Waals surface area contributed by atoms with Gasteiger partial charge in [0, 0.05) is 6.04 Å². The number of benzene rings is 1. The lowest BCUT2D eigenvalue weighted by atomic mass is 9.76. The Kier molecular flexibility index (Phi) is 5.18. The van der Waals surface area contributed by atoms with Gasteiger partial charge >= 0.3 is 0 Å². The van der Waals surface area contributed by atoms with Gasteiger partial charge in [0.15, 0.2) is 0 Å². The maximum Gasteiger partial charge on any atom is 0.119 e. The largest absolute Gasteiger partial charge is 0.490 e. The fourth-order valence-electron chi connectivity index (χ4n) is 3.60. The van der Waals surface area contributed by atoms with E-state index >= 15 is 0 Å². The molecule has 2 aliphatic rings. The third kappa shape index (κ3) is 4.00. The van der Waals surface area contributed by atoms with Gasteiger partial charge in [0.2, 0.25) is 0 Å². The lowest BCUT2D eigenvalue weighted by Gasteiger charge is -2.36. The second-order valence-electron chi connectivity index (χ2n) is 6.77. The fraction of sp³-hybridized carbons (Fsp3) is 0.684. The van der Waals surface area contributed by atoms with Gasteiger partial charge in [-0.25, -0.2) is 0 Å². The van der Waals surface area contributed by atoms with Crippen LogP contribution in [0.3, 0.4) is 0 Å². The molecule has 2 saturated carbocycles. The summed E-state index contributed by atoms with van der Waals surface area (Å²) in [5, 5.41) is 3.61. The first kappa shape index (κ1) is 14.9. The predicted molar refractivity (Wildman–Crippen MR) is 88.0 cm³/mol. The first-order valence-electron chi connectivity index (χ1n) is 8.85. The highest BCUT2D eigenvalue weighted by Crippen LogP contribution is 2.37. The molecular weight excluding hydrogens is 258 g/mol. The zero-order valence-electron chi connectivity index (χ0n) is 13.3. The standard InChI is InChI=1S/C19H29NO/c1-2-12-20-17-13-16(14-17)15-8-10-19(11-9-15)21-18-6-4-3-5-7-18/h8-11,16-18,20H,2-7,12-14H2,1H3. The van der Waals surface area contributed by atoms with Crippen molar-refractivity contribution < 1.29 is 4.74 Å². The van der Waals surface area contributed by atoms with Crippen molar-refractivity contribution in [2.45, 2.75) is 76.4 Å². The maximum atomic E-state index is 6.10. The Morgan fingerprint density at radius 2 is 1.76 bits per heavy atom. The molecule has 0 bridgehead atoms. The molecule has 21 heavy (non-hydrogen) atoms. The molecule has 1 aromatic rings. The maximum absolute atomic E-state index is 6.10. The van der Waals surface area contributed by atoms with Crippen molar-refractivity contribution in [2.24, 2.45) is 0 Å². The van der Waals surface area contributed by atoms with Crippen LogP contribution in [0.15, 0.2) is 24.3 Å². The topological polar surface area (TPSA) is 21.3 Å². The minimum Gasteiger partial charge on any atom is -0.490 e. The van der Waals surface area contributed by atoms with Gasteiger partial charge < -0.3 is 10.1 Å². The molecule has 0 heterocycles. The quantitative estimate of drug-likeness (QED) is 0.822. The SMILES string of the molecule is CCCNC1CC(c2ccc(OC3CCCCC3)cc2)C1.